The molecule has 1 N–H and O–H groups in total. The van der Waals surface area contributed by atoms with Crippen LogP contribution in [0.15, 0.2) is 0 Å². The molecule has 0 radical (unpaired) electrons. The fourth-order valence-corrected chi connectivity index (χ4v) is 3.05. The van der Waals surface area contributed by atoms with Crippen LogP contribution in [0.1, 0.15) is 39.5 Å². The van der Waals surface area contributed by atoms with E-state index in [4.69, 9.17) is 5.11 Å². The van der Waals surface area contributed by atoms with E-state index in [2.05, 4.69) is 13.8 Å². The monoisotopic (exact) mass is 176 g/mol. The first kappa shape index (κ1) is 11.4. The van der Waals surface area contributed by atoms with Gasteiger partial charge in [0.1, 0.15) is 0 Å². The number of unbranched alkanes of at least 4 members (excludes halogenated alkanes) is 2. The first-order valence-corrected chi connectivity index (χ1v) is 6.58. The van der Waals surface area contributed by atoms with Crippen molar-refractivity contribution in [3.8, 4) is 0 Å². The molecule has 0 aliphatic heterocycles. The van der Waals surface area contributed by atoms with Crippen LogP contribution in [0.4, 0.5) is 0 Å². The highest BCUT2D eigenvalue weighted by atomic mass is 31.1. The van der Waals surface area contributed by atoms with Gasteiger partial charge in [0.25, 0.3) is 0 Å². The zero-order valence-corrected chi connectivity index (χ0v) is 8.74. The molecule has 0 amide bonds. The Morgan fingerprint density at radius 3 is 1.73 bits per heavy atom. The molecule has 0 fully saturated rings. The molecule has 1 nitrogen and oxygen atoms in total. The van der Waals surface area contributed by atoms with Crippen LogP contribution in [0.5, 0.6) is 0 Å². The smallest absolute Gasteiger partial charge is 0.0624 e. The number of aliphatic hydroxyl groups is 1. The number of hydrogen-bond acceptors (Lipinski definition) is 1. The van der Waals surface area contributed by atoms with Gasteiger partial charge >= 0.3 is 0 Å². The molecule has 68 valence electrons. The Morgan fingerprint density at radius 2 is 1.45 bits per heavy atom. The third kappa shape index (κ3) is 6.77. The Balaban J connectivity index is 3.25. The van der Waals surface area contributed by atoms with Crippen LogP contribution in [-0.4, -0.2) is 23.8 Å². The summed E-state index contributed by atoms with van der Waals surface area (Å²) in [4.78, 5) is 0. The third-order valence-corrected chi connectivity index (χ3v) is 4.15. The SMILES string of the molecule is CCCCP(CO)CCCC. The molecule has 2 heteroatoms. The van der Waals surface area contributed by atoms with E-state index in [0.717, 1.165) is 0 Å². The maximum Gasteiger partial charge on any atom is 0.0624 e. The van der Waals surface area contributed by atoms with Crippen LogP contribution < -0.4 is 0 Å². The fourth-order valence-electron chi connectivity index (χ4n) is 1.02. The van der Waals surface area contributed by atoms with Crippen molar-refractivity contribution in [2.45, 2.75) is 39.5 Å². The van der Waals surface area contributed by atoms with E-state index in [-0.39, 0.29) is 7.92 Å². The molecule has 0 aliphatic carbocycles. The van der Waals surface area contributed by atoms with Gasteiger partial charge < -0.3 is 5.11 Å². The molecule has 0 saturated carbocycles. The maximum atomic E-state index is 9.01. The highest BCUT2D eigenvalue weighted by molar-refractivity contribution is 7.57. The van der Waals surface area contributed by atoms with E-state index in [1.807, 2.05) is 0 Å². The van der Waals surface area contributed by atoms with Gasteiger partial charge in [-0.1, -0.05) is 34.6 Å². The molecule has 11 heavy (non-hydrogen) atoms. The van der Waals surface area contributed by atoms with E-state index >= 15 is 0 Å². The van der Waals surface area contributed by atoms with Crippen LogP contribution in [0.2, 0.25) is 0 Å². The molecule has 0 saturated heterocycles. The summed E-state index contributed by atoms with van der Waals surface area (Å²) in [6.07, 6.45) is 8.15. The lowest BCUT2D eigenvalue weighted by molar-refractivity contribution is 0.369. The van der Waals surface area contributed by atoms with Gasteiger partial charge in [-0.05, 0) is 25.2 Å². The van der Waals surface area contributed by atoms with Crippen molar-refractivity contribution in [3.63, 3.8) is 0 Å². The number of rotatable bonds is 7. The Bertz CT molecular complexity index is 68.0. The van der Waals surface area contributed by atoms with E-state index in [1.165, 1.54) is 38.0 Å². The number of aliphatic hydroxyl groups excluding tert-OH is 1. The Kier molecular flexibility index (Phi) is 8.79. The average Bonchev–Trinajstić information content (AvgIpc) is 2.05. The molecule has 0 aliphatic rings. The summed E-state index contributed by atoms with van der Waals surface area (Å²) >= 11 is 0. The summed E-state index contributed by atoms with van der Waals surface area (Å²) in [5.41, 5.74) is 0. The molecule has 0 aromatic rings. The van der Waals surface area contributed by atoms with Crippen molar-refractivity contribution in [2.24, 2.45) is 0 Å². The highest BCUT2D eigenvalue weighted by Gasteiger charge is 2.03. The van der Waals surface area contributed by atoms with Crippen molar-refractivity contribution in [2.75, 3.05) is 18.7 Å². The second kappa shape index (κ2) is 8.49. The summed E-state index contributed by atoms with van der Waals surface area (Å²) < 4.78 is 0. The van der Waals surface area contributed by atoms with Crippen LogP contribution >= 0.6 is 7.92 Å². The van der Waals surface area contributed by atoms with Crippen LogP contribution in [0.3, 0.4) is 0 Å². The van der Waals surface area contributed by atoms with Gasteiger partial charge in [-0.3, -0.25) is 0 Å². The Morgan fingerprint density at radius 1 is 1.00 bits per heavy atom. The van der Waals surface area contributed by atoms with Gasteiger partial charge in [-0.2, -0.15) is 0 Å². The highest BCUT2D eigenvalue weighted by Crippen LogP contribution is 2.35. The predicted molar refractivity (Wildman–Crippen MR) is 53.6 cm³/mol. The minimum atomic E-state index is -0.0147. The molecule has 0 spiro atoms. The van der Waals surface area contributed by atoms with Crippen LogP contribution in [-0.2, 0) is 0 Å². The molecule has 0 atom stereocenters. The molecule has 0 unspecified atom stereocenters. The van der Waals surface area contributed by atoms with Gasteiger partial charge in [-0.25, -0.2) is 0 Å². The molecule has 0 bridgehead atoms. The first-order valence-electron chi connectivity index (χ1n) is 4.68. The summed E-state index contributed by atoms with van der Waals surface area (Å²) in [7, 11) is -0.0147. The molecule has 0 rings (SSSR count). The van der Waals surface area contributed by atoms with Crippen molar-refractivity contribution in [1.29, 1.82) is 0 Å². The van der Waals surface area contributed by atoms with Gasteiger partial charge in [0.05, 0.1) is 6.35 Å². The second-order valence-electron chi connectivity index (χ2n) is 2.97. The summed E-state index contributed by atoms with van der Waals surface area (Å²) in [6, 6.07) is 0. The molecule has 0 aromatic heterocycles. The van der Waals surface area contributed by atoms with Gasteiger partial charge in [0.15, 0.2) is 0 Å². The van der Waals surface area contributed by atoms with E-state index in [0.29, 0.717) is 6.35 Å². The van der Waals surface area contributed by atoms with Gasteiger partial charge in [-0.15, -0.1) is 0 Å². The van der Waals surface area contributed by atoms with Crippen LogP contribution in [0, 0.1) is 0 Å². The van der Waals surface area contributed by atoms with Crippen LogP contribution in [0.25, 0.3) is 0 Å². The number of hydrogen-bond donors (Lipinski definition) is 1. The fraction of sp³-hybridized carbons (Fsp3) is 1.00. The molecule has 0 aromatic carbocycles. The topological polar surface area (TPSA) is 20.2 Å². The normalized spacial score (nSPS) is 10.9. The maximum absolute atomic E-state index is 9.01. The standard InChI is InChI=1S/C9H21OP/c1-3-5-7-11(9-10)8-6-4-2/h10H,3-9H2,1-2H3. The second-order valence-corrected chi connectivity index (χ2v) is 5.49. The summed E-state index contributed by atoms with van der Waals surface area (Å²) in [6.45, 7) is 4.43. The van der Waals surface area contributed by atoms with Crippen molar-refractivity contribution < 1.29 is 5.11 Å². The molecule has 0 heterocycles. The Hall–Kier alpha value is 0.390. The van der Waals surface area contributed by atoms with E-state index < -0.39 is 0 Å². The molecular weight excluding hydrogens is 155 g/mol. The average molecular weight is 176 g/mol. The molecular formula is C9H21OP. The largest absolute Gasteiger partial charge is 0.392 e. The lowest BCUT2D eigenvalue weighted by atomic mass is 10.4. The quantitative estimate of drug-likeness (QED) is 0.591. The summed E-state index contributed by atoms with van der Waals surface area (Å²) in [5, 5.41) is 9.01. The lowest BCUT2D eigenvalue weighted by Crippen LogP contribution is -1.94. The van der Waals surface area contributed by atoms with Crippen molar-refractivity contribution in [3.05, 3.63) is 0 Å². The predicted octanol–water partition coefficient (Wildman–Crippen LogP) is 3.02. The van der Waals surface area contributed by atoms with Gasteiger partial charge in [0, 0.05) is 0 Å². The third-order valence-electron chi connectivity index (χ3n) is 1.86. The Labute approximate surface area is 72.0 Å². The first-order chi connectivity index (χ1) is 5.35. The summed E-state index contributed by atoms with van der Waals surface area (Å²) in [5.74, 6) is 0. The van der Waals surface area contributed by atoms with Crippen molar-refractivity contribution >= 4 is 7.92 Å². The minimum absolute atomic E-state index is 0.0147. The zero-order valence-electron chi connectivity index (χ0n) is 7.84. The van der Waals surface area contributed by atoms with Gasteiger partial charge in [0.2, 0.25) is 0 Å². The van der Waals surface area contributed by atoms with E-state index in [1.54, 1.807) is 0 Å². The van der Waals surface area contributed by atoms with E-state index in [9.17, 15) is 0 Å². The zero-order chi connectivity index (χ0) is 8.53. The lowest BCUT2D eigenvalue weighted by Gasteiger charge is -2.12. The minimum Gasteiger partial charge on any atom is -0.392 e. The van der Waals surface area contributed by atoms with Crippen molar-refractivity contribution in [1.82, 2.24) is 0 Å².